The van der Waals surface area contributed by atoms with Crippen molar-refractivity contribution in [1.82, 2.24) is 10.2 Å². The summed E-state index contributed by atoms with van der Waals surface area (Å²) in [5.41, 5.74) is 3.71. The lowest BCUT2D eigenvalue weighted by Gasteiger charge is -2.12. The summed E-state index contributed by atoms with van der Waals surface area (Å²) in [6, 6.07) is 16.3. The van der Waals surface area contributed by atoms with Gasteiger partial charge >= 0.3 is 6.03 Å². The molecular weight excluding hydrogens is 426 g/mol. The van der Waals surface area contributed by atoms with E-state index in [0.29, 0.717) is 5.69 Å². The molecule has 8 heteroatoms. The predicted octanol–water partition coefficient (Wildman–Crippen LogP) is 4.26. The van der Waals surface area contributed by atoms with Crippen molar-refractivity contribution in [3.63, 3.8) is 0 Å². The van der Waals surface area contributed by atoms with Crippen LogP contribution in [0.15, 0.2) is 65.7 Å². The first-order chi connectivity index (χ1) is 15.4. The van der Waals surface area contributed by atoms with Crippen LogP contribution in [0.3, 0.4) is 0 Å². The number of ether oxygens (including phenoxy) is 1. The second-order valence-electron chi connectivity index (χ2n) is 7.27. The van der Waals surface area contributed by atoms with Crippen molar-refractivity contribution >= 4 is 40.9 Å². The van der Waals surface area contributed by atoms with Gasteiger partial charge in [0, 0.05) is 10.6 Å². The first-order valence-corrected chi connectivity index (χ1v) is 10.7. The van der Waals surface area contributed by atoms with Crippen LogP contribution in [-0.4, -0.2) is 36.4 Å². The van der Waals surface area contributed by atoms with Crippen LogP contribution in [0, 0.1) is 6.92 Å². The molecule has 0 atom stereocenters. The summed E-state index contributed by atoms with van der Waals surface area (Å²) in [7, 11) is 1.61. The van der Waals surface area contributed by atoms with Gasteiger partial charge in [0.15, 0.2) is 0 Å². The molecule has 4 amide bonds. The Bertz CT molecular complexity index is 1230. The summed E-state index contributed by atoms with van der Waals surface area (Å²) in [6.45, 7) is 1.55. The molecule has 2 aromatic carbocycles. The Balaban J connectivity index is 1.45. The van der Waals surface area contributed by atoms with E-state index in [1.807, 2.05) is 60.8 Å². The van der Waals surface area contributed by atoms with Gasteiger partial charge in [-0.3, -0.25) is 9.59 Å². The standard InChI is InChI=1S/C24H21N3O4S/c1-15-5-3-7-18(9-15)25-22(28)13-27-23(29)21(26-24(27)30)12-20-11-17(14-32-20)16-6-4-8-19(10-16)31-2/h3-12,14H,13H2,1-2H3,(H,25,28)(H,26,30)/b21-12-. The molecule has 7 nitrogen and oxygen atoms in total. The number of rotatable bonds is 6. The number of nitrogens with one attached hydrogen (secondary N) is 2. The van der Waals surface area contributed by atoms with Crippen molar-refractivity contribution in [2.24, 2.45) is 0 Å². The predicted molar refractivity (Wildman–Crippen MR) is 124 cm³/mol. The van der Waals surface area contributed by atoms with E-state index in [1.54, 1.807) is 19.3 Å². The molecule has 2 N–H and O–H groups in total. The molecule has 0 unspecified atom stereocenters. The average Bonchev–Trinajstić information content (AvgIpc) is 3.34. The number of amides is 4. The van der Waals surface area contributed by atoms with Gasteiger partial charge in [0.1, 0.15) is 18.0 Å². The van der Waals surface area contributed by atoms with E-state index in [1.165, 1.54) is 11.3 Å². The molecule has 0 spiro atoms. The zero-order valence-corrected chi connectivity index (χ0v) is 18.4. The summed E-state index contributed by atoms with van der Waals surface area (Å²) in [5.74, 6) is -0.228. The number of thiophene rings is 1. The van der Waals surface area contributed by atoms with Crippen LogP contribution in [0.1, 0.15) is 10.4 Å². The maximum absolute atomic E-state index is 12.7. The first-order valence-electron chi connectivity index (χ1n) is 9.87. The SMILES string of the molecule is COc1cccc(-c2csc(/C=C3\NC(=O)N(CC(=O)Nc4cccc(C)c4)C3=O)c2)c1. The molecule has 3 aromatic rings. The Morgan fingerprint density at radius 3 is 2.72 bits per heavy atom. The van der Waals surface area contributed by atoms with Gasteiger partial charge in [0.25, 0.3) is 5.91 Å². The minimum Gasteiger partial charge on any atom is -0.497 e. The van der Waals surface area contributed by atoms with Crippen molar-refractivity contribution in [2.45, 2.75) is 6.92 Å². The molecule has 0 bridgehead atoms. The quantitative estimate of drug-likeness (QED) is 0.437. The third kappa shape index (κ3) is 4.70. The smallest absolute Gasteiger partial charge is 0.329 e. The number of hydrogen-bond donors (Lipinski definition) is 2. The number of anilines is 1. The molecule has 1 aliphatic heterocycles. The molecule has 1 saturated heterocycles. The average molecular weight is 448 g/mol. The van der Waals surface area contributed by atoms with Gasteiger partial charge in [-0.15, -0.1) is 11.3 Å². The van der Waals surface area contributed by atoms with E-state index in [-0.39, 0.29) is 12.2 Å². The van der Waals surface area contributed by atoms with Crippen LogP contribution in [0.5, 0.6) is 5.75 Å². The first kappa shape index (κ1) is 21.3. The van der Waals surface area contributed by atoms with Gasteiger partial charge in [0.2, 0.25) is 5.91 Å². The van der Waals surface area contributed by atoms with Crippen molar-refractivity contribution in [1.29, 1.82) is 0 Å². The molecule has 1 fully saturated rings. The zero-order chi connectivity index (χ0) is 22.7. The summed E-state index contributed by atoms with van der Waals surface area (Å²) < 4.78 is 5.26. The number of aryl methyl sites for hydroxylation is 1. The second-order valence-corrected chi connectivity index (χ2v) is 8.21. The number of hydrogen-bond acceptors (Lipinski definition) is 5. The molecular formula is C24H21N3O4S. The van der Waals surface area contributed by atoms with Crippen LogP contribution in [-0.2, 0) is 9.59 Å². The molecule has 32 heavy (non-hydrogen) atoms. The van der Waals surface area contributed by atoms with E-state index < -0.39 is 17.8 Å². The van der Waals surface area contributed by atoms with Crippen LogP contribution < -0.4 is 15.4 Å². The van der Waals surface area contributed by atoms with Crippen LogP contribution in [0.2, 0.25) is 0 Å². The molecule has 4 rings (SSSR count). The summed E-state index contributed by atoms with van der Waals surface area (Å²) in [5, 5.41) is 7.23. The van der Waals surface area contributed by atoms with Gasteiger partial charge in [-0.2, -0.15) is 0 Å². The normalized spacial score (nSPS) is 14.6. The van der Waals surface area contributed by atoms with E-state index in [9.17, 15) is 14.4 Å². The molecule has 0 radical (unpaired) electrons. The third-order valence-corrected chi connectivity index (χ3v) is 5.75. The zero-order valence-electron chi connectivity index (χ0n) is 17.5. The minimum atomic E-state index is -0.620. The largest absolute Gasteiger partial charge is 0.497 e. The minimum absolute atomic E-state index is 0.136. The Morgan fingerprint density at radius 1 is 1.12 bits per heavy atom. The third-order valence-electron chi connectivity index (χ3n) is 4.88. The van der Waals surface area contributed by atoms with Gasteiger partial charge in [0.05, 0.1) is 7.11 Å². The molecule has 0 saturated carbocycles. The number of urea groups is 1. The van der Waals surface area contributed by atoms with Crippen LogP contribution >= 0.6 is 11.3 Å². The highest BCUT2D eigenvalue weighted by atomic mass is 32.1. The maximum Gasteiger partial charge on any atom is 0.329 e. The van der Waals surface area contributed by atoms with Gasteiger partial charge in [-0.1, -0.05) is 24.3 Å². The van der Waals surface area contributed by atoms with Crippen molar-refractivity contribution in [3.05, 3.63) is 76.1 Å². The maximum atomic E-state index is 12.7. The van der Waals surface area contributed by atoms with Crippen molar-refractivity contribution < 1.29 is 19.1 Å². The second kappa shape index (κ2) is 9.07. The molecule has 2 heterocycles. The lowest BCUT2D eigenvalue weighted by Crippen LogP contribution is -2.38. The Morgan fingerprint density at radius 2 is 1.94 bits per heavy atom. The molecule has 0 aliphatic carbocycles. The van der Waals surface area contributed by atoms with E-state index in [0.717, 1.165) is 32.2 Å². The topological polar surface area (TPSA) is 87.7 Å². The van der Waals surface area contributed by atoms with Gasteiger partial charge in [-0.05, 0) is 65.4 Å². The highest BCUT2D eigenvalue weighted by Crippen LogP contribution is 2.29. The number of benzene rings is 2. The number of carbonyl (C=O) groups excluding carboxylic acids is 3. The Hall–Kier alpha value is -3.91. The van der Waals surface area contributed by atoms with E-state index in [4.69, 9.17) is 4.74 Å². The lowest BCUT2D eigenvalue weighted by molar-refractivity contribution is -0.127. The monoisotopic (exact) mass is 447 g/mol. The van der Waals surface area contributed by atoms with Crippen molar-refractivity contribution in [3.8, 4) is 16.9 Å². The van der Waals surface area contributed by atoms with Crippen molar-refractivity contribution in [2.75, 3.05) is 19.0 Å². The number of methoxy groups -OCH3 is 1. The summed E-state index contributed by atoms with van der Waals surface area (Å²) in [6.07, 6.45) is 1.62. The lowest BCUT2D eigenvalue weighted by atomic mass is 10.1. The number of imide groups is 1. The number of carbonyl (C=O) groups is 3. The Kier molecular flexibility index (Phi) is 6.04. The summed E-state index contributed by atoms with van der Waals surface area (Å²) in [4.78, 5) is 39.0. The highest BCUT2D eigenvalue weighted by Gasteiger charge is 2.35. The fourth-order valence-electron chi connectivity index (χ4n) is 3.31. The Labute approximate surface area is 189 Å². The van der Waals surface area contributed by atoms with Crippen LogP contribution in [0.25, 0.3) is 17.2 Å². The fourth-order valence-corrected chi connectivity index (χ4v) is 4.16. The summed E-state index contributed by atoms with van der Waals surface area (Å²) >= 11 is 1.45. The van der Waals surface area contributed by atoms with Gasteiger partial charge < -0.3 is 15.4 Å². The van der Waals surface area contributed by atoms with Crippen LogP contribution in [0.4, 0.5) is 10.5 Å². The molecule has 1 aromatic heterocycles. The van der Waals surface area contributed by atoms with Gasteiger partial charge in [-0.25, -0.2) is 9.69 Å². The highest BCUT2D eigenvalue weighted by molar-refractivity contribution is 7.11. The van der Waals surface area contributed by atoms with E-state index >= 15 is 0 Å². The number of nitrogens with zero attached hydrogens (tertiary/aromatic N) is 1. The molecule has 1 aliphatic rings. The fraction of sp³-hybridized carbons (Fsp3) is 0.125. The van der Waals surface area contributed by atoms with E-state index in [2.05, 4.69) is 10.6 Å². The molecule has 162 valence electrons.